The van der Waals surface area contributed by atoms with E-state index in [-0.39, 0.29) is 25.6 Å². The summed E-state index contributed by atoms with van der Waals surface area (Å²) in [6, 6.07) is 0. The maximum Gasteiger partial charge on any atom is 0.472 e. The first-order chi connectivity index (χ1) is 27.8. The molecule has 3 N–H and O–H groups in total. The average Bonchev–Trinajstić information content (AvgIpc) is 3.20. The van der Waals surface area contributed by atoms with E-state index in [9.17, 15) is 19.4 Å². The van der Waals surface area contributed by atoms with Crippen LogP contribution in [-0.2, 0) is 27.9 Å². The highest BCUT2D eigenvalue weighted by Gasteiger charge is 2.26. The van der Waals surface area contributed by atoms with E-state index in [0.717, 1.165) is 57.8 Å². The molecule has 0 amide bonds. The number of carbonyl (C=O) groups is 1. The molecule has 10 heteroatoms. The molecular weight excluding hydrogens is 739 g/mol. The Bertz CT molecular complexity index is 986. The second-order valence-electron chi connectivity index (χ2n) is 15.8. The number of phosphoric acid groups is 1. The van der Waals surface area contributed by atoms with E-state index < -0.39 is 33.2 Å². The number of ether oxygens (including phenoxy) is 2. The summed E-state index contributed by atoms with van der Waals surface area (Å²) < 4.78 is 33.4. The first-order valence-corrected chi connectivity index (χ1v) is 25.0. The van der Waals surface area contributed by atoms with Gasteiger partial charge in [0.1, 0.15) is 12.2 Å². The molecule has 0 aromatic carbocycles. The summed E-state index contributed by atoms with van der Waals surface area (Å²) in [5.41, 5.74) is 0. The van der Waals surface area contributed by atoms with Crippen LogP contribution in [0.4, 0.5) is 0 Å². The van der Waals surface area contributed by atoms with Crippen molar-refractivity contribution in [2.45, 2.75) is 225 Å². The Kier molecular flexibility index (Phi) is 43.2. The van der Waals surface area contributed by atoms with E-state index in [4.69, 9.17) is 23.6 Å². The van der Waals surface area contributed by atoms with Crippen LogP contribution in [0.2, 0.25) is 0 Å². The van der Waals surface area contributed by atoms with Crippen LogP contribution in [0, 0.1) is 0 Å². The topological polar surface area (TPSA) is 132 Å². The summed E-state index contributed by atoms with van der Waals surface area (Å²) in [4.78, 5) is 22.6. The SMILES string of the molecule is CCCCCCC/C=C\C/C=C\C/C=C\CCCCCCCCCCC(=O)OC(COCCCCCCCCCCCCCCC)COP(=O)(O)OCC(O)CO. The number of rotatable bonds is 45. The van der Waals surface area contributed by atoms with E-state index in [1.54, 1.807) is 0 Å². The van der Waals surface area contributed by atoms with Crippen molar-refractivity contribution in [3.8, 4) is 0 Å². The summed E-state index contributed by atoms with van der Waals surface area (Å²) in [7, 11) is -4.52. The second kappa shape index (κ2) is 44.2. The predicted octanol–water partition coefficient (Wildman–Crippen LogP) is 13.2. The van der Waals surface area contributed by atoms with Gasteiger partial charge in [-0.25, -0.2) is 4.57 Å². The highest BCUT2D eigenvalue weighted by Crippen LogP contribution is 2.43. The van der Waals surface area contributed by atoms with Crippen molar-refractivity contribution in [2.75, 3.05) is 33.0 Å². The van der Waals surface area contributed by atoms with E-state index >= 15 is 0 Å². The molecule has 0 aliphatic carbocycles. The molecule has 0 fully saturated rings. The Hall–Kier alpha value is -1.32. The van der Waals surface area contributed by atoms with Crippen molar-refractivity contribution in [3.05, 3.63) is 36.5 Å². The van der Waals surface area contributed by atoms with E-state index in [2.05, 4.69) is 50.3 Å². The smallest absolute Gasteiger partial charge is 0.457 e. The van der Waals surface area contributed by atoms with Crippen LogP contribution in [-0.4, -0.2) is 66.3 Å². The zero-order valence-corrected chi connectivity index (χ0v) is 37.7. The number of carbonyl (C=O) groups excluding carboxylic acids is 1. The molecule has 0 aromatic rings. The Balaban J connectivity index is 4.10. The minimum atomic E-state index is -4.52. The molecule has 3 atom stereocenters. The quantitative estimate of drug-likeness (QED) is 0.0237. The zero-order chi connectivity index (χ0) is 41.8. The lowest BCUT2D eigenvalue weighted by molar-refractivity contribution is -0.154. The number of hydrogen-bond donors (Lipinski definition) is 3. The van der Waals surface area contributed by atoms with Crippen molar-refractivity contribution in [2.24, 2.45) is 0 Å². The maximum atomic E-state index is 12.6. The van der Waals surface area contributed by atoms with Gasteiger partial charge in [-0.2, -0.15) is 0 Å². The summed E-state index contributed by atoms with van der Waals surface area (Å²) in [5, 5.41) is 18.4. The van der Waals surface area contributed by atoms with Gasteiger partial charge in [-0.1, -0.05) is 192 Å². The lowest BCUT2D eigenvalue weighted by Gasteiger charge is -2.20. The van der Waals surface area contributed by atoms with E-state index in [1.165, 1.54) is 135 Å². The van der Waals surface area contributed by atoms with Crippen molar-refractivity contribution in [1.82, 2.24) is 0 Å². The third-order valence-corrected chi connectivity index (χ3v) is 11.0. The van der Waals surface area contributed by atoms with Gasteiger partial charge >= 0.3 is 13.8 Å². The Morgan fingerprint density at radius 2 is 0.947 bits per heavy atom. The molecule has 3 unspecified atom stereocenters. The third-order valence-electron chi connectivity index (χ3n) is 10.1. The molecule has 0 radical (unpaired) electrons. The molecule has 336 valence electrons. The summed E-state index contributed by atoms with van der Waals surface area (Å²) in [6.45, 7) is 3.52. The molecule has 0 aromatic heterocycles. The Morgan fingerprint density at radius 1 is 0.544 bits per heavy atom. The number of esters is 1. The van der Waals surface area contributed by atoms with Crippen LogP contribution >= 0.6 is 7.82 Å². The van der Waals surface area contributed by atoms with Gasteiger partial charge < -0.3 is 24.6 Å². The number of hydrogen-bond acceptors (Lipinski definition) is 8. The van der Waals surface area contributed by atoms with Crippen LogP contribution in [0.25, 0.3) is 0 Å². The molecular formula is C47H89O9P. The monoisotopic (exact) mass is 829 g/mol. The highest BCUT2D eigenvalue weighted by molar-refractivity contribution is 7.47. The highest BCUT2D eigenvalue weighted by atomic mass is 31.2. The standard InChI is InChI=1S/C47H89O9P/c1-3-5-7-9-11-13-15-17-18-19-20-21-22-23-24-25-26-27-29-31-33-35-37-39-47(50)56-46(44-55-57(51,52)54-42-45(49)41-48)43-53-40-38-36-34-32-30-28-16-14-12-10-8-6-4-2/h15,17,19-20,22-23,45-46,48-49H,3-14,16,18,21,24-44H2,1-2H3,(H,51,52)/b17-15-,20-19-,23-22-. The van der Waals surface area contributed by atoms with Gasteiger partial charge in [0.2, 0.25) is 0 Å². The minimum Gasteiger partial charge on any atom is -0.457 e. The van der Waals surface area contributed by atoms with Crippen LogP contribution in [0.15, 0.2) is 36.5 Å². The van der Waals surface area contributed by atoms with Gasteiger partial charge in [0, 0.05) is 13.0 Å². The largest absolute Gasteiger partial charge is 0.472 e. The lowest BCUT2D eigenvalue weighted by Crippen LogP contribution is -2.29. The number of allylic oxidation sites excluding steroid dienone is 6. The van der Waals surface area contributed by atoms with Crippen LogP contribution < -0.4 is 0 Å². The number of aliphatic hydroxyl groups excluding tert-OH is 2. The van der Waals surface area contributed by atoms with E-state index in [0.29, 0.717) is 6.61 Å². The molecule has 0 saturated carbocycles. The second-order valence-corrected chi connectivity index (χ2v) is 17.2. The van der Waals surface area contributed by atoms with Gasteiger partial charge in [-0.15, -0.1) is 0 Å². The van der Waals surface area contributed by atoms with Crippen LogP contribution in [0.5, 0.6) is 0 Å². The van der Waals surface area contributed by atoms with Gasteiger partial charge in [0.25, 0.3) is 0 Å². The predicted molar refractivity (Wildman–Crippen MR) is 237 cm³/mol. The Labute approximate surface area is 350 Å². The number of phosphoric ester groups is 1. The molecule has 0 bridgehead atoms. The molecule has 0 aliphatic heterocycles. The van der Waals surface area contributed by atoms with Crippen molar-refractivity contribution in [3.63, 3.8) is 0 Å². The van der Waals surface area contributed by atoms with Crippen LogP contribution in [0.3, 0.4) is 0 Å². The van der Waals surface area contributed by atoms with Crippen molar-refractivity contribution < 1.29 is 43.0 Å². The molecule has 0 spiro atoms. The molecule has 57 heavy (non-hydrogen) atoms. The first-order valence-electron chi connectivity index (χ1n) is 23.5. The summed E-state index contributed by atoms with van der Waals surface area (Å²) in [6.07, 6.45) is 48.1. The van der Waals surface area contributed by atoms with Gasteiger partial charge in [0.05, 0.1) is 26.4 Å². The van der Waals surface area contributed by atoms with Gasteiger partial charge in [-0.05, 0) is 51.4 Å². The Morgan fingerprint density at radius 3 is 1.42 bits per heavy atom. The van der Waals surface area contributed by atoms with Crippen LogP contribution in [0.1, 0.15) is 213 Å². The number of unbranched alkanes of at least 4 members (excludes halogenated alkanes) is 25. The summed E-state index contributed by atoms with van der Waals surface area (Å²) in [5.74, 6) is -0.388. The lowest BCUT2D eigenvalue weighted by atomic mass is 10.0. The maximum absolute atomic E-state index is 12.6. The van der Waals surface area contributed by atoms with Crippen molar-refractivity contribution in [1.29, 1.82) is 0 Å². The van der Waals surface area contributed by atoms with E-state index in [1.807, 2.05) is 0 Å². The first kappa shape index (κ1) is 55.7. The fraction of sp³-hybridized carbons (Fsp3) is 0.851. The summed E-state index contributed by atoms with van der Waals surface area (Å²) >= 11 is 0. The molecule has 0 rings (SSSR count). The van der Waals surface area contributed by atoms with Gasteiger partial charge in [-0.3, -0.25) is 13.8 Å². The fourth-order valence-corrected chi connectivity index (χ4v) is 7.27. The third kappa shape index (κ3) is 44.1. The van der Waals surface area contributed by atoms with Crippen molar-refractivity contribution >= 4 is 13.8 Å². The normalized spacial score (nSPS) is 14.3. The molecule has 0 aliphatic rings. The average molecular weight is 829 g/mol. The molecule has 0 saturated heterocycles. The number of aliphatic hydroxyl groups is 2. The fourth-order valence-electron chi connectivity index (χ4n) is 6.48. The molecule has 9 nitrogen and oxygen atoms in total. The van der Waals surface area contributed by atoms with Gasteiger partial charge in [0.15, 0.2) is 0 Å². The zero-order valence-electron chi connectivity index (χ0n) is 36.8. The minimum absolute atomic E-state index is 0.0489. The molecule has 0 heterocycles.